The van der Waals surface area contributed by atoms with E-state index >= 15 is 0 Å². The minimum Gasteiger partial charge on any atom is -0.350 e. The SMILES string of the molecule is CCN(CC(=O)NC(C)(C)C)C(=O)c1ccc(NS(=O)(=O)c2ccc(C)c(C)c2)cc1. The number of anilines is 1. The largest absolute Gasteiger partial charge is 0.350 e. The van der Waals surface area contributed by atoms with E-state index in [0.29, 0.717) is 17.8 Å². The van der Waals surface area contributed by atoms with Gasteiger partial charge < -0.3 is 10.2 Å². The van der Waals surface area contributed by atoms with Gasteiger partial charge in [0.25, 0.3) is 15.9 Å². The Bertz CT molecular complexity index is 1060. The standard InChI is InChI=1S/C23H31N3O4S/c1-7-26(15-21(27)24-23(4,5)6)22(28)18-9-11-19(12-10-18)25-31(29,30)20-13-8-16(2)17(3)14-20/h8-14,25H,7,15H2,1-6H3,(H,24,27). The molecule has 8 heteroatoms. The van der Waals surface area contributed by atoms with Gasteiger partial charge in [-0.05, 0) is 89.1 Å². The zero-order valence-electron chi connectivity index (χ0n) is 18.9. The van der Waals surface area contributed by atoms with Gasteiger partial charge in [-0.1, -0.05) is 6.07 Å². The molecule has 0 saturated heterocycles. The van der Waals surface area contributed by atoms with Crippen molar-refractivity contribution in [1.82, 2.24) is 10.2 Å². The van der Waals surface area contributed by atoms with E-state index in [1.54, 1.807) is 37.3 Å². The van der Waals surface area contributed by atoms with Gasteiger partial charge in [0.1, 0.15) is 0 Å². The summed E-state index contributed by atoms with van der Waals surface area (Å²) in [6, 6.07) is 11.1. The van der Waals surface area contributed by atoms with Crippen LogP contribution in [-0.2, 0) is 14.8 Å². The Hall–Kier alpha value is -2.87. The Kier molecular flexibility index (Phi) is 7.49. The lowest BCUT2D eigenvalue weighted by atomic mass is 10.1. The molecule has 0 aliphatic carbocycles. The number of nitrogens with zero attached hydrogens (tertiary/aromatic N) is 1. The third-order valence-corrected chi connectivity index (χ3v) is 6.07. The summed E-state index contributed by atoms with van der Waals surface area (Å²) in [4.78, 5) is 26.6. The number of carbonyl (C=O) groups excluding carboxylic acids is 2. The van der Waals surface area contributed by atoms with Crippen LogP contribution in [0.4, 0.5) is 5.69 Å². The quantitative estimate of drug-likeness (QED) is 0.682. The first kappa shape index (κ1) is 24.4. The predicted molar refractivity (Wildman–Crippen MR) is 123 cm³/mol. The van der Waals surface area contributed by atoms with Crippen molar-refractivity contribution in [3.63, 3.8) is 0 Å². The Morgan fingerprint density at radius 3 is 2.10 bits per heavy atom. The summed E-state index contributed by atoms with van der Waals surface area (Å²) in [7, 11) is -3.74. The van der Waals surface area contributed by atoms with Crippen LogP contribution in [0.1, 0.15) is 49.2 Å². The number of likely N-dealkylation sites (N-methyl/N-ethyl adjacent to an activating group) is 1. The fourth-order valence-electron chi connectivity index (χ4n) is 2.92. The van der Waals surface area contributed by atoms with E-state index in [4.69, 9.17) is 0 Å². The summed E-state index contributed by atoms with van der Waals surface area (Å²) in [5.41, 5.74) is 2.24. The molecule has 2 N–H and O–H groups in total. The number of rotatable bonds is 7. The van der Waals surface area contributed by atoms with Gasteiger partial charge in [0.05, 0.1) is 11.4 Å². The first-order valence-electron chi connectivity index (χ1n) is 10.1. The van der Waals surface area contributed by atoms with Crippen LogP contribution in [-0.4, -0.2) is 43.8 Å². The third-order valence-electron chi connectivity index (χ3n) is 4.69. The highest BCUT2D eigenvalue weighted by Crippen LogP contribution is 2.19. The van der Waals surface area contributed by atoms with Crippen molar-refractivity contribution < 1.29 is 18.0 Å². The van der Waals surface area contributed by atoms with E-state index in [9.17, 15) is 18.0 Å². The fourth-order valence-corrected chi connectivity index (χ4v) is 4.06. The van der Waals surface area contributed by atoms with Crippen molar-refractivity contribution in [1.29, 1.82) is 0 Å². The molecule has 168 valence electrons. The first-order valence-corrected chi connectivity index (χ1v) is 11.6. The molecule has 0 aromatic heterocycles. The summed E-state index contributed by atoms with van der Waals surface area (Å²) in [6.07, 6.45) is 0. The molecule has 0 saturated carbocycles. The molecule has 2 aromatic carbocycles. The molecule has 2 amide bonds. The smallest absolute Gasteiger partial charge is 0.261 e. The van der Waals surface area contributed by atoms with Crippen LogP contribution in [0.2, 0.25) is 0 Å². The van der Waals surface area contributed by atoms with Crippen LogP contribution in [0.5, 0.6) is 0 Å². The molecule has 2 aromatic rings. The first-order chi connectivity index (χ1) is 14.3. The molecule has 0 aliphatic heterocycles. The number of nitrogens with one attached hydrogen (secondary N) is 2. The molecule has 0 unspecified atom stereocenters. The van der Waals surface area contributed by atoms with Crippen molar-refractivity contribution in [3.05, 3.63) is 59.2 Å². The lowest BCUT2D eigenvalue weighted by Crippen LogP contribution is -2.47. The molecule has 7 nitrogen and oxygen atoms in total. The highest BCUT2D eigenvalue weighted by molar-refractivity contribution is 7.92. The van der Waals surface area contributed by atoms with Gasteiger partial charge >= 0.3 is 0 Å². The van der Waals surface area contributed by atoms with Crippen LogP contribution in [0.15, 0.2) is 47.4 Å². The molecule has 0 atom stereocenters. The maximum atomic E-state index is 12.8. The number of aryl methyl sites for hydroxylation is 2. The minimum absolute atomic E-state index is 0.0479. The molecule has 0 aliphatic rings. The van der Waals surface area contributed by atoms with Crippen LogP contribution in [0.25, 0.3) is 0 Å². The lowest BCUT2D eigenvalue weighted by Gasteiger charge is -2.25. The summed E-state index contributed by atoms with van der Waals surface area (Å²) < 4.78 is 27.8. The Morgan fingerprint density at radius 1 is 0.968 bits per heavy atom. The molecular weight excluding hydrogens is 414 g/mol. The van der Waals surface area contributed by atoms with E-state index in [0.717, 1.165) is 11.1 Å². The number of hydrogen-bond acceptors (Lipinski definition) is 4. The fraction of sp³-hybridized carbons (Fsp3) is 0.391. The molecule has 0 heterocycles. The topological polar surface area (TPSA) is 95.6 Å². The van der Waals surface area contributed by atoms with E-state index in [-0.39, 0.29) is 28.8 Å². The minimum atomic E-state index is -3.74. The maximum Gasteiger partial charge on any atom is 0.261 e. The molecule has 0 fully saturated rings. The van der Waals surface area contributed by atoms with Crippen LogP contribution in [0, 0.1) is 13.8 Å². The second-order valence-corrected chi connectivity index (χ2v) is 10.2. The Labute approximate surface area is 184 Å². The van der Waals surface area contributed by atoms with E-state index < -0.39 is 10.0 Å². The molecular formula is C23H31N3O4S. The summed E-state index contributed by atoms with van der Waals surface area (Å²) in [5.74, 6) is -0.532. The zero-order chi connectivity index (χ0) is 23.4. The molecule has 0 spiro atoms. The summed E-state index contributed by atoms with van der Waals surface area (Å²) in [5, 5.41) is 2.84. The third kappa shape index (κ3) is 6.82. The maximum absolute atomic E-state index is 12.8. The van der Waals surface area contributed by atoms with Gasteiger partial charge in [0, 0.05) is 23.3 Å². The number of amides is 2. The van der Waals surface area contributed by atoms with Gasteiger partial charge in [0.2, 0.25) is 5.91 Å². The summed E-state index contributed by atoms with van der Waals surface area (Å²) in [6.45, 7) is 11.5. The van der Waals surface area contributed by atoms with Gasteiger partial charge in [-0.25, -0.2) is 8.42 Å². The average molecular weight is 446 g/mol. The van der Waals surface area contributed by atoms with E-state index in [2.05, 4.69) is 10.0 Å². The molecule has 0 bridgehead atoms. The van der Waals surface area contributed by atoms with E-state index in [1.165, 1.54) is 17.0 Å². The zero-order valence-corrected chi connectivity index (χ0v) is 19.8. The van der Waals surface area contributed by atoms with Gasteiger partial charge in [-0.2, -0.15) is 0 Å². The van der Waals surface area contributed by atoms with Crippen LogP contribution >= 0.6 is 0 Å². The van der Waals surface area contributed by atoms with Gasteiger partial charge in [0.15, 0.2) is 0 Å². The number of sulfonamides is 1. The van der Waals surface area contributed by atoms with E-state index in [1.807, 2.05) is 34.6 Å². The molecule has 31 heavy (non-hydrogen) atoms. The van der Waals surface area contributed by atoms with Crippen LogP contribution < -0.4 is 10.0 Å². The Morgan fingerprint density at radius 2 is 1.58 bits per heavy atom. The lowest BCUT2D eigenvalue weighted by molar-refractivity contribution is -0.123. The van der Waals surface area contributed by atoms with Crippen molar-refractivity contribution in [2.75, 3.05) is 17.8 Å². The normalized spacial score (nSPS) is 11.7. The van der Waals surface area contributed by atoms with Gasteiger partial charge in [-0.3, -0.25) is 14.3 Å². The van der Waals surface area contributed by atoms with Crippen molar-refractivity contribution in [3.8, 4) is 0 Å². The predicted octanol–water partition coefficient (Wildman–Crippen LogP) is 3.48. The number of benzene rings is 2. The van der Waals surface area contributed by atoms with Gasteiger partial charge in [-0.15, -0.1) is 0 Å². The average Bonchev–Trinajstić information content (AvgIpc) is 2.66. The van der Waals surface area contributed by atoms with Crippen molar-refractivity contribution in [2.24, 2.45) is 0 Å². The Balaban J connectivity index is 2.11. The van der Waals surface area contributed by atoms with Crippen LogP contribution in [0.3, 0.4) is 0 Å². The summed E-state index contributed by atoms with van der Waals surface area (Å²) >= 11 is 0. The number of hydrogen-bond donors (Lipinski definition) is 2. The van der Waals surface area contributed by atoms with Crippen molar-refractivity contribution >= 4 is 27.5 Å². The second kappa shape index (κ2) is 9.51. The molecule has 0 radical (unpaired) electrons. The second-order valence-electron chi connectivity index (χ2n) is 8.55. The monoisotopic (exact) mass is 445 g/mol. The highest BCUT2D eigenvalue weighted by Gasteiger charge is 2.21. The number of carbonyl (C=O) groups is 2. The van der Waals surface area contributed by atoms with Crippen molar-refractivity contribution in [2.45, 2.75) is 52.0 Å². The highest BCUT2D eigenvalue weighted by atomic mass is 32.2. The molecule has 2 rings (SSSR count).